The maximum atomic E-state index is 5.89. The van der Waals surface area contributed by atoms with E-state index in [-0.39, 0.29) is 0 Å². The van der Waals surface area contributed by atoms with Gasteiger partial charge < -0.3 is 8.85 Å². The zero-order valence-corrected chi connectivity index (χ0v) is 11.0. The van der Waals surface area contributed by atoms with Gasteiger partial charge in [0.25, 0.3) is 0 Å². The van der Waals surface area contributed by atoms with E-state index in [2.05, 4.69) is 34.3 Å². The third-order valence-corrected chi connectivity index (χ3v) is 5.64. The second-order valence-corrected chi connectivity index (χ2v) is 7.36. The lowest BCUT2D eigenvalue weighted by molar-refractivity contribution is 0.172. The summed E-state index contributed by atoms with van der Waals surface area (Å²) in [4.78, 5) is 0. The summed E-state index contributed by atoms with van der Waals surface area (Å²) in [5.41, 5.74) is 2.35. The quantitative estimate of drug-likeness (QED) is 0.579. The van der Waals surface area contributed by atoms with Crippen molar-refractivity contribution in [2.45, 2.75) is 46.1 Å². The number of rotatable bonds is 8. The summed E-state index contributed by atoms with van der Waals surface area (Å²) in [5.74, 6) is 0. The molecule has 84 valence electrons. The van der Waals surface area contributed by atoms with E-state index < -0.39 is 8.56 Å². The van der Waals surface area contributed by atoms with Crippen molar-refractivity contribution in [2.24, 2.45) is 0 Å². The van der Waals surface area contributed by atoms with Crippen LogP contribution in [0.2, 0.25) is 5.54 Å². The summed E-state index contributed by atoms with van der Waals surface area (Å²) in [6.45, 7) is 14.0. The Morgan fingerprint density at radius 2 is 1.57 bits per heavy atom. The molecule has 0 aromatic rings. The Morgan fingerprint density at radius 3 is 1.79 bits per heavy atom. The molecule has 0 aromatic carbocycles. The standard InChI is InChI=1S/C11H24O2Si/c1-6-9-12-14(8-3,11(4)5)13-10-7-2/h8,11H,3,6-7,9-10H2,1-2,4-5H3. The van der Waals surface area contributed by atoms with E-state index in [4.69, 9.17) is 8.85 Å². The molecule has 0 rings (SSSR count). The normalized spacial score (nSPS) is 12.1. The van der Waals surface area contributed by atoms with Crippen molar-refractivity contribution in [3.8, 4) is 0 Å². The van der Waals surface area contributed by atoms with Crippen LogP contribution in [-0.2, 0) is 8.85 Å². The van der Waals surface area contributed by atoms with E-state index in [1.54, 1.807) is 0 Å². The van der Waals surface area contributed by atoms with Gasteiger partial charge in [-0.15, -0.1) is 6.58 Å². The average molecular weight is 216 g/mol. The molecule has 0 aromatic heterocycles. The molecule has 0 fully saturated rings. The maximum absolute atomic E-state index is 5.89. The minimum absolute atomic E-state index is 0.429. The van der Waals surface area contributed by atoms with Crippen molar-refractivity contribution in [2.75, 3.05) is 13.2 Å². The van der Waals surface area contributed by atoms with E-state index >= 15 is 0 Å². The van der Waals surface area contributed by atoms with Crippen LogP contribution in [0.25, 0.3) is 0 Å². The zero-order valence-electron chi connectivity index (χ0n) is 10.0. The molecule has 3 heteroatoms. The molecule has 0 aliphatic carbocycles. The first-order valence-corrected chi connectivity index (χ1v) is 7.51. The summed E-state index contributed by atoms with van der Waals surface area (Å²) in [7, 11) is -2.12. The summed E-state index contributed by atoms with van der Waals surface area (Å²) in [6.07, 6.45) is 2.07. The van der Waals surface area contributed by atoms with E-state index in [0.717, 1.165) is 26.1 Å². The molecule has 0 heterocycles. The van der Waals surface area contributed by atoms with Gasteiger partial charge in [0.05, 0.1) is 0 Å². The Labute approximate surface area is 89.6 Å². The highest BCUT2D eigenvalue weighted by molar-refractivity contribution is 6.73. The number of hydrogen-bond donors (Lipinski definition) is 0. The van der Waals surface area contributed by atoms with Crippen LogP contribution in [0.3, 0.4) is 0 Å². The van der Waals surface area contributed by atoms with Gasteiger partial charge in [-0.25, -0.2) is 0 Å². The van der Waals surface area contributed by atoms with Gasteiger partial charge in [0.15, 0.2) is 0 Å². The highest BCUT2D eigenvalue weighted by Crippen LogP contribution is 2.24. The van der Waals surface area contributed by atoms with Crippen LogP contribution in [0.5, 0.6) is 0 Å². The Morgan fingerprint density at radius 1 is 1.14 bits per heavy atom. The van der Waals surface area contributed by atoms with Crippen LogP contribution in [0.4, 0.5) is 0 Å². The topological polar surface area (TPSA) is 18.5 Å². The minimum Gasteiger partial charge on any atom is -0.391 e. The van der Waals surface area contributed by atoms with Crippen LogP contribution in [0, 0.1) is 0 Å². The summed E-state index contributed by atoms with van der Waals surface area (Å²) in [6, 6.07) is 0. The van der Waals surface area contributed by atoms with E-state index in [1.165, 1.54) is 0 Å². The molecule has 0 radical (unpaired) electrons. The van der Waals surface area contributed by atoms with Crippen molar-refractivity contribution < 1.29 is 8.85 Å². The fourth-order valence-corrected chi connectivity index (χ4v) is 3.76. The molecule has 0 N–H and O–H groups in total. The van der Waals surface area contributed by atoms with Gasteiger partial charge >= 0.3 is 8.56 Å². The van der Waals surface area contributed by atoms with Gasteiger partial charge in [0, 0.05) is 18.8 Å². The first-order valence-electron chi connectivity index (χ1n) is 5.54. The fraction of sp³-hybridized carbons (Fsp3) is 0.818. The summed E-state index contributed by atoms with van der Waals surface area (Å²) >= 11 is 0. The van der Waals surface area contributed by atoms with Crippen LogP contribution >= 0.6 is 0 Å². The predicted octanol–water partition coefficient (Wildman–Crippen LogP) is 3.42. The smallest absolute Gasteiger partial charge is 0.367 e. The largest absolute Gasteiger partial charge is 0.391 e. The van der Waals surface area contributed by atoms with E-state index in [1.807, 2.05) is 5.70 Å². The molecule has 0 bridgehead atoms. The van der Waals surface area contributed by atoms with Crippen molar-refractivity contribution in [3.63, 3.8) is 0 Å². The molecule has 2 nitrogen and oxygen atoms in total. The zero-order chi connectivity index (χ0) is 11.0. The van der Waals surface area contributed by atoms with Gasteiger partial charge in [-0.2, -0.15) is 0 Å². The molecule has 14 heavy (non-hydrogen) atoms. The molecule has 0 saturated carbocycles. The average Bonchev–Trinajstić information content (AvgIpc) is 2.18. The second kappa shape index (κ2) is 7.21. The van der Waals surface area contributed by atoms with Crippen molar-refractivity contribution in [3.05, 3.63) is 12.3 Å². The summed E-state index contributed by atoms with van der Waals surface area (Å²) in [5, 5.41) is 0. The third kappa shape index (κ3) is 3.94. The molecule has 0 saturated heterocycles. The molecule has 0 unspecified atom stereocenters. The van der Waals surface area contributed by atoms with Crippen molar-refractivity contribution >= 4 is 8.56 Å². The Hall–Kier alpha value is -0.123. The molecule has 0 aliphatic heterocycles. The van der Waals surface area contributed by atoms with Crippen LogP contribution in [0.15, 0.2) is 12.3 Å². The van der Waals surface area contributed by atoms with Gasteiger partial charge in [0.2, 0.25) is 0 Å². The summed E-state index contributed by atoms with van der Waals surface area (Å²) < 4.78 is 11.8. The highest BCUT2D eigenvalue weighted by Gasteiger charge is 2.37. The minimum atomic E-state index is -2.12. The highest BCUT2D eigenvalue weighted by atomic mass is 28.4. The molecular formula is C11H24O2Si. The monoisotopic (exact) mass is 216 g/mol. The van der Waals surface area contributed by atoms with Gasteiger partial charge in [-0.3, -0.25) is 0 Å². The van der Waals surface area contributed by atoms with Crippen LogP contribution < -0.4 is 0 Å². The van der Waals surface area contributed by atoms with Gasteiger partial charge in [-0.05, 0) is 18.5 Å². The predicted molar refractivity (Wildman–Crippen MR) is 63.5 cm³/mol. The van der Waals surface area contributed by atoms with Crippen LogP contribution in [0.1, 0.15) is 40.5 Å². The van der Waals surface area contributed by atoms with Crippen LogP contribution in [-0.4, -0.2) is 21.8 Å². The first-order chi connectivity index (χ1) is 6.63. The van der Waals surface area contributed by atoms with Crippen molar-refractivity contribution in [1.82, 2.24) is 0 Å². The van der Waals surface area contributed by atoms with Crippen molar-refractivity contribution in [1.29, 1.82) is 0 Å². The Balaban J connectivity index is 4.35. The third-order valence-electron chi connectivity index (χ3n) is 2.15. The number of hydrogen-bond acceptors (Lipinski definition) is 2. The Kier molecular flexibility index (Phi) is 7.14. The molecule has 0 amide bonds. The maximum Gasteiger partial charge on any atom is 0.367 e. The van der Waals surface area contributed by atoms with E-state index in [9.17, 15) is 0 Å². The molecular weight excluding hydrogens is 192 g/mol. The lowest BCUT2D eigenvalue weighted by Crippen LogP contribution is -2.44. The van der Waals surface area contributed by atoms with Gasteiger partial charge in [0.1, 0.15) is 0 Å². The van der Waals surface area contributed by atoms with Gasteiger partial charge in [-0.1, -0.05) is 27.7 Å². The molecule has 0 atom stereocenters. The first kappa shape index (κ1) is 13.9. The van der Waals surface area contributed by atoms with E-state index in [0.29, 0.717) is 5.54 Å². The fourth-order valence-electron chi connectivity index (χ4n) is 1.25. The lowest BCUT2D eigenvalue weighted by Gasteiger charge is -2.30. The SMILES string of the molecule is C=C[Si](OCCC)(OCCC)C(C)C. The molecule has 0 aliphatic rings. The Bertz CT molecular complexity index is 149. The second-order valence-electron chi connectivity index (χ2n) is 3.78. The lowest BCUT2D eigenvalue weighted by atomic mass is 10.5. The molecule has 0 spiro atoms.